The van der Waals surface area contributed by atoms with Gasteiger partial charge in [-0.1, -0.05) is 83.7 Å². The number of aromatic nitrogens is 2. The fraction of sp³-hybridized carbons (Fsp3) is 0.610. The average molecular weight is 796 g/mol. The second-order valence-electron chi connectivity index (χ2n) is 16.1. The number of Topliss-reactive ketones (excluding diaryl/α,β-unsaturated/α-hetero) is 1. The molecule has 1 aliphatic heterocycles. The normalized spacial score (nSPS) is 20.8. The van der Waals surface area contributed by atoms with Crippen molar-refractivity contribution in [2.45, 2.75) is 142 Å². The number of amides is 5. The van der Waals surface area contributed by atoms with Crippen molar-refractivity contribution in [2.24, 2.45) is 11.3 Å². The molecule has 56 heavy (non-hydrogen) atoms. The van der Waals surface area contributed by atoms with Crippen LogP contribution < -0.4 is 21.3 Å². The van der Waals surface area contributed by atoms with Gasteiger partial charge in [0.1, 0.15) is 29.9 Å². The molecule has 5 amide bonds. The summed E-state index contributed by atoms with van der Waals surface area (Å²) < 4.78 is 6.17. The predicted molar refractivity (Wildman–Crippen MR) is 212 cm³/mol. The number of carbonyl (C=O) groups is 6. The molecule has 5 atom stereocenters. The molecule has 14 nitrogen and oxygen atoms in total. The van der Waals surface area contributed by atoms with Crippen LogP contribution in [0.4, 0.5) is 0 Å². The predicted octanol–water partition coefficient (Wildman–Crippen LogP) is 4.41. The topological polar surface area (TPSA) is 189 Å². The zero-order valence-corrected chi connectivity index (χ0v) is 34.0. The maximum atomic E-state index is 14.8. The minimum atomic E-state index is -1.13. The van der Waals surface area contributed by atoms with Gasteiger partial charge >= 0.3 is 0 Å². The minimum Gasteiger partial charge on any atom is -0.493 e. The van der Waals surface area contributed by atoms with E-state index in [1.54, 1.807) is 19.1 Å². The summed E-state index contributed by atoms with van der Waals surface area (Å²) in [6, 6.07) is -4.30. The fourth-order valence-electron chi connectivity index (χ4n) is 7.07. The third kappa shape index (κ3) is 13.0. The van der Waals surface area contributed by atoms with Gasteiger partial charge in [-0.15, -0.1) is 0 Å². The number of nitrogens with one attached hydrogen (secondary N) is 4. The van der Waals surface area contributed by atoms with Gasteiger partial charge in [-0.25, -0.2) is 4.98 Å². The number of hydrogen-bond donors (Lipinski definition) is 4. The van der Waals surface area contributed by atoms with E-state index in [-0.39, 0.29) is 37.0 Å². The van der Waals surface area contributed by atoms with Crippen molar-refractivity contribution in [3.63, 3.8) is 0 Å². The van der Waals surface area contributed by atoms with Crippen molar-refractivity contribution in [3.05, 3.63) is 59.9 Å². The van der Waals surface area contributed by atoms with Crippen LogP contribution in [-0.2, 0) is 28.7 Å². The molecule has 0 bridgehead atoms. The Bertz CT molecular complexity index is 1650. The van der Waals surface area contributed by atoms with Gasteiger partial charge < -0.3 is 30.9 Å². The Morgan fingerprint density at radius 2 is 1.75 bits per heavy atom. The first-order chi connectivity index (χ1) is 26.6. The lowest BCUT2D eigenvalue weighted by Crippen LogP contribution is -2.62. The van der Waals surface area contributed by atoms with Crippen molar-refractivity contribution >= 4 is 46.9 Å². The molecule has 3 aliphatic rings. The van der Waals surface area contributed by atoms with Gasteiger partial charge in [-0.3, -0.25) is 33.8 Å². The van der Waals surface area contributed by atoms with E-state index < -0.39 is 71.0 Å². The lowest BCUT2D eigenvalue weighted by Gasteiger charge is -2.37. The van der Waals surface area contributed by atoms with Crippen LogP contribution >= 0.6 is 11.6 Å². The third-order valence-electron chi connectivity index (χ3n) is 10.2. The monoisotopic (exact) mass is 795 g/mol. The summed E-state index contributed by atoms with van der Waals surface area (Å²) in [5, 5.41) is 11.9. The van der Waals surface area contributed by atoms with E-state index in [0.29, 0.717) is 23.6 Å². The summed E-state index contributed by atoms with van der Waals surface area (Å²) in [5.41, 5.74) is -0.780. The Morgan fingerprint density at radius 1 is 1.04 bits per heavy atom. The Labute approximate surface area is 335 Å². The highest BCUT2D eigenvalue weighted by molar-refractivity contribution is 6.38. The zero-order chi connectivity index (χ0) is 41.0. The maximum absolute atomic E-state index is 14.8. The lowest BCUT2D eigenvalue weighted by molar-refractivity contribution is -0.145. The van der Waals surface area contributed by atoms with E-state index >= 15 is 0 Å². The quantitative estimate of drug-likeness (QED) is 0.0949. The highest BCUT2D eigenvalue weighted by atomic mass is 35.5. The first-order valence-electron chi connectivity index (χ1n) is 19.7. The first-order valence-corrected chi connectivity index (χ1v) is 20.1. The molecule has 2 heterocycles. The number of likely N-dealkylation sites (tertiary alicyclic amines) is 1. The smallest absolute Gasteiger partial charge is 0.289 e. The first kappa shape index (κ1) is 44.1. The van der Waals surface area contributed by atoms with Crippen molar-refractivity contribution < 1.29 is 33.5 Å². The van der Waals surface area contributed by atoms with E-state index in [9.17, 15) is 28.8 Å². The summed E-state index contributed by atoms with van der Waals surface area (Å²) in [6.45, 7) is 13.0. The molecule has 306 valence electrons. The SMILES string of the molecule is C=C(CC=C/C=C(\C)Cl)O[C@@H]1C[C@@H](C(=O)N[C@@H](CCC)C(=O)C(=O)NC2CC2)N(C(=O)[C@@H](NC(=O)C(NC(=O)c2cnccn2)C2CCCCC2)C(C)(C)C)C1. The van der Waals surface area contributed by atoms with Gasteiger partial charge in [-0.2, -0.15) is 0 Å². The molecule has 15 heteroatoms. The van der Waals surface area contributed by atoms with E-state index in [0.717, 1.165) is 44.9 Å². The highest BCUT2D eigenvalue weighted by Gasteiger charge is 2.47. The van der Waals surface area contributed by atoms with Gasteiger partial charge in [0.15, 0.2) is 0 Å². The van der Waals surface area contributed by atoms with Gasteiger partial charge in [-0.05, 0) is 56.4 Å². The molecule has 0 radical (unpaired) electrons. The fourth-order valence-corrected chi connectivity index (χ4v) is 7.14. The summed E-state index contributed by atoms with van der Waals surface area (Å²) in [6.07, 6.45) is 15.9. The Kier molecular flexibility index (Phi) is 16.2. The van der Waals surface area contributed by atoms with Gasteiger partial charge in [0.25, 0.3) is 11.8 Å². The van der Waals surface area contributed by atoms with Gasteiger partial charge in [0.2, 0.25) is 23.5 Å². The van der Waals surface area contributed by atoms with Crippen molar-refractivity contribution in [1.82, 2.24) is 36.1 Å². The highest BCUT2D eigenvalue weighted by Crippen LogP contribution is 2.31. The molecule has 0 aromatic carbocycles. The van der Waals surface area contributed by atoms with Crippen molar-refractivity contribution in [3.8, 4) is 0 Å². The summed E-state index contributed by atoms with van der Waals surface area (Å²) >= 11 is 5.92. The van der Waals surface area contributed by atoms with Crippen LogP contribution in [0.5, 0.6) is 0 Å². The molecule has 1 unspecified atom stereocenters. The number of nitrogens with zero attached hydrogens (tertiary/aromatic N) is 3. The van der Waals surface area contributed by atoms with Crippen LogP contribution in [0, 0.1) is 11.3 Å². The van der Waals surface area contributed by atoms with Crippen LogP contribution in [-0.4, -0.2) is 93.0 Å². The molecule has 2 aliphatic carbocycles. The Morgan fingerprint density at radius 3 is 2.36 bits per heavy atom. The van der Waals surface area contributed by atoms with Crippen LogP contribution in [0.2, 0.25) is 0 Å². The molecular formula is C41H58ClN7O7. The van der Waals surface area contributed by atoms with E-state index in [4.69, 9.17) is 16.3 Å². The van der Waals surface area contributed by atoms with E-state index in [1.807, 2.05) is 33.8 Å². The van der Waals surface area contributed by atoms with E-state index in [1.165, 1.54) is 23.5 Å². The maximum Gasteiger partial charge on any atom is 0.289 e. The number of ketones is 1. The molecule has 4 rings (SSSR count). The lowest BCUT2D eigenvalue weighted by atomic mass is 9.82. The molecular weight excluding hydrogens is 738 g/mol. The number of halogens is 1. The van der Waals surface area contributed by atoms with Crippen molar-refractivity contribution in [1.29, 1.82) is 0 Å². The average Bonchev–Trinajstić information content (AvgIpc) is 3.88. The number of ether oxygens (including phenoxy) is 1. The standard InChI is InChI=1S/C41H58ClN7O7/c1-7-13-30(34(50)39(54)45-28-18-19-28)46-37(52)32-22-29(56-26(3)15-12-11-14-25(2)42)24-49(32)40(55)35(41(4,5)6)48-38(53)33(27-16-9-8-10-17-27)47-36(51)31-23-43-20-21-44-31/h11-12,14,20-21,23,27-30,32-33,35H,3,7-10,13,15-19,22,24H2,1-2,4-6H3,(H,45,54)(H,46,52)(H,47,51)(H,48,53)/b12-11?,25-14+/t29-,30+,32+,33?,35-/m1/s1. The second-order valence-corrected chi connectivity index (χ2v) is 16.7. The number of carbonyl (C=O) groups excluding carboxylic acids is 6. The van der Waals surface area contributed by atoms with Crippen LogP contribution in [0.25, 0.3) is 0 Å². The van der Waals surface area contributed by atoms with Crippen LogP contribution in [0.15, 0.2) is 54.2 Å². The largest absolute Gasteiger partial charge is 0.493 e. The summed E-state index contributed by atoms with van der Waals surface area (Å²) in [4.78, 5) is 91.8. The van der Waals surface area contributed by atoms with Gasteiger partial charge in [0.05, 0.1) is 24.5 Å². The Hall–Kier alpha value is -4.59. The molecule has 4 N–H and O–H groups in total. The minimum absolute atomic E-state index is 0.00712. The summed E-state index contributed by atoms with van der Waals surface area (Å²) in [5.74, 6) is -3.46. The molecule has 0 spiro atoms. The number of rotatable bonds is 18. The third-order valence-corrected chi connectivity index (χ3v) is 10.3. The summed E-state index contributed by atoms with van der Waals surface area (Å²) in [7, 11) is 0. The number of hydrogen-bond acceptors (Lipinski definition) is 9. The van der Waals surface area contributed by atoms with Crippen LogP contribution in [0.1, 0.15) is 116 Å². The molecule has 1 saturated heterocycles. The van der Waals surface area contributed by atoms with Crippen molar-refractivity contribution in [2.75, 3.05) is 6.54 Å². The molecule has 1 aromatic rings. The molecule has 2 saturated carbocycles. The zero-order valence-electron chi connectivity index (χ0n) is 33.3. The second kappa shape index (κ2) is 20.5. The van der Waals surface area contributed by atoms with Gasteiger partial charge in [0, 0.05) is 36.3 Å². The Balaban J connectivity index is 1.59. The van der Waals surface area contributed by atoms with E-state index in [2.05, 4.69) is 37.8 Å². The number of allylic oxidation sites excluding steroid dienone is 4. The molecule has 3 fully saturated rings. The van der Waals surface area contributed by atoms with Crippen LogP contribution in [0.3, 0.4) is 0 Å². The molecule has 1 aromatic heterocycles.